The van der Waals surface area contributed by atoms with E-state index in [2.05, 4.69) is 34.3 Å². The minimum absolute atomic E-state index is 0.227. The SMILES string of the molecule is C=C(OCC(CC)CCCC)C(CC=O)S(=O)CC.CCCCC(CC)CO. The molecular weight excluding hydrogens is 372 g/mol. The van der Waals surface area contributed by atoms with E-state index in [1.165, 1.54) is 32.1 Å². The highest BCUT2D eigenvalue weighted by atomic mass is 32.2. The predicted octanol–water partition coefficient (Wildman–Crippen LogP) is 5.65. The van der Waals surface area contributed by atoms with Gasteiger partial charge in [-0.05, 0) is 24.7 Å². The first kappa shape index (κ1) is 29.5. The summed E-state index contributed by atoms with van der Waals surface area (Å²) >= 11 is 0. The van der Waals surface area contributed by atoms with Crippen molar-refractivity contribution >= 4 is 17.1 Å². The highest BCUT2D eigenvalue weighted by Crippen LogP contribution is 2.18. The molecule has 0 radical (unpaired) electrons. The van der Waals surface area contributed by atoms with Crippen LogP contribution in [0.25, 0.3) is 0 Å². The van der Waals surface area contributed by atoms with Crippen molar-refractivity contribution in [2.24, 2.45) is 11.8 Å². The summed E-state index contributed by atoms with van der Waals surface area (Å²) in [6, 6.07) is 0. The van der Waals surface area contributed by atoms with Gasteiger partial charge in [-0.3, -0.25) is 4.21 Å². The Kier molecular flexibility index (Phi) is 22.2. The molecule has 1 N–H and O–H groups in total. The third-order valence-electron chi connectivity index (χ3n) is 5.12. The highest BCUT2D eigenvalue weighted by Gasteiger charge is 2.20. The number of aldehydes is 1. The van der Waals surface area contributed by atoms with E-state index in [4.69, 9.17) is 9.84 Å². The summed E-state index contributed by atoms with van der Waals surface area (Å²) in [6.07, 6.45) is 10.5. The first-order valence-corrected chi connectivity index (χ1v) is 12.6. The van der Waals surface area contributed by atoms with Crippen LogP contribution in [0.1, 0.15) is 92.4 Å². The third-order valence-corrected chi connectivity index (χ3v) is 6.78. The molecule has 0 aliphatic carbocycles. The van der Waals surface area contributed by atoms with E-state index in [-0.39, 0.29) is 11.7 Å². The van der Waals surface area contributed by atoms with Crippen LogP contribution in [-0.2, 0) is 20.3 Å². The zero-order valence-electron chi connectivity index (χ0n) is 19.1. The van der Waals surface area contributed by atoms with Gasteiger partial charge in [0.1, 0.15) is 12.0 Å². The van der Waals surface area contributed by atoms with Gasteiger partial charge in [-0.1, -0.05) is 79.7 Å². The minimum atomic E-state index is -1.07. The van der Waals surface area contributed by atoms with Gasteiger partial charge in [-0.15, -0.1) is 0 Å². The van der Waals surface area contributed by atoms with Crippen molar-refractivity contribution in [3.63, 3.8) is 0 Å². The maximum Gasteiger partial charge on any atom is 0.121 e. The zero-order valence-corrected chi connectivity index (χ0v) is 19.9. The largest absolute Gasteiger partial charge is 0.497 e. The average molecular weight is 419 g/mol. The van der Waals surface area contributed by atoms with Crippen molar-refractivity contribution < 1.29 is 18.8 Å². The Morgan fingerprint density at radius 2 is 1.57 bits per heavy atom. The molecule has 5 heteroatoms. The highest BCUT2D eigenvalue weighted by molar-refractivity contribution is 7.85. The molecule has 0 saturated carbocycles. The molecule has 28 heavy (non-hydrogen) atoms. The van der Waals surface area contributed by atoms with Crippen molar-refractivity contribution in [2.45, 2.75) is 97.7 Å². The lowest BCUT2D eigenvalue weighted by atomic mass is 10.0. The van der Waals surface area contributed by atoms with Gasteiger partial charge >= 0.3 is 0 Å². The van der Waals surface area contributed by atoms with Gasteiger partial charge in [0.15, 0.2) is 0 Å². The molecule has 0 amide bonds. The number of aliphatic hydroxyl groups is 1. The van der Waals surface area contributed by atoms with E-state index >= 15 is 0 Å². The molecule has 4 nitrogen and oxygen atoms in total. The van der Waals surface area contributed by atoms with E-state index in [9.17, 15) is 9.00 Å². The third kappa shape index (κ3) is 15.3. The molecule has 4 atom stereocenters. The summed E-state index contributed by atoms with van der Waals surface area (Å²) in [4.78, 5) is 10.6. The molecule has 0 heterocycles. The van der Waals surface area contributed by atoms with Crippen molar-refractivity contribution in [1.82, 2.24) is 0 Å². The van der Waals surface area contributed by atoms with Crippen LogP contribution in [0.15, 0.2) is 12.3 Å². The molecule has 0 saturated heterocycles. The van der Waals surface area contributed by atoms with Crippen LogP contribution in [-0.4, -0.2) is 39.8 Å². The number of carbonyl (C=O) groups is 1. The number of rotatable bonds is 17. The minimum Gasteiger partial charge on any atom is -0.497 e. The summed E-state index contributed by atoms with van der Waals surface area (Å²) in [5, 5.41) is 8.40. The summed E-state index contributed by atoms with van der Waals surface area (Å²) in [7, 11) is -1.07. The molecular formula is C23H46O4S. The number of ether oxygens (including phenoxy) is 1. The second-order valence-corrected chi connectivity index (χ2v) is 9.26. The number of carbonyl (C=O) groups excluding carboxylic acids is 1. The Morgan fingerprint density at radius 3 is 1.96 bits per heavy atom. The molecule has 0 aliphatic rings. The standard InChI is InChI=1S/C15H28O3S.C8H18O/c1-5-8-9-14(6-2)12-18-13(4)15(10-11-16)19(17)7-3;1-3-5-6-8(4-2)7-9/h11,14-15H,4-10,12H2,1-3H3;8-9H,3-7H2,1-2H3. The van der Waals surface area contributed by atoms with Crippen LogP contribution in [0, 0.1) is 11.8 Å². The van der Waals surface area contributed by atoms with Crippen LogP contribution in [0.2, 0.25) is 0 Å². The van der Waals surface area contributed by atoms with E-state index in [1.807, 2.05) is 6.92 Å². The van der Waals surface area contributed by atoms with Crippen LogP contribution < -0.4 is 0 Å². The predicted molar refractivity (Wildman–Crippen MR) is 122 cm³/mol. The molecule has 0 rings (SSSR count). The second-order valence-electron chi connectivity index (χ2n) is 7.35. The number of unbranched alkanes of at least 4 members (excludes halogenated alkanes) is 2. The lowest BCUT2D eigenvalue weighted by molar-refractivity contribution is -0.107. The molecule has 4 unspecified atom stereocenters. The fraction of sp³-hybridized carbons (Fsp3) is 0.870. The fourth-order valence-electron chi connectivity index (χ4n) is 2.81. The Bertz CT molecular complexity index is 394. The van der Waals surface area contributed by atoms with E-state index in [0.29, 0.717) is 36.6 Å². The average Bonchev–Trinajstić information content (AvgIpc) is 2.72. The van der Waals surface area contributed by atoms with Gasteiger partial charge in [0.2, 0.25) is 0 Å². The quantitative estimate of drug-likeness (QED) is 0.245. The smallest absolute Gasteiger partial charge is 0.121 e. The van der Waals surface area contributed by atoms with Crippen molar-refractivity contribution in [2.75, 3.05) is 19.0 Å². The molecule has 168 valence electrons. The van der Waals surface area contributed by atoms with Crippen LogP contribution in [0.5, 0.6) is 0 Å². The maximum absolute atomic E-state index is 11.8. The molecule has 0 spiro atoms. The van der Waals surface area contributed by atoms with Gasteiger partial charge in [0, 0.05) is 29.6 Å². The van der Waals surface area contributed by atoms with Crippen molar-refractivity contribution in [1.29, 1.82) is 0 Å². The van der Waals surface area contributed by atoms with E-state index < -0.39 is 10.8 Å². The first-order valence-electron chi connectivity index (χ1n) is 11.2. The second kappa shape index (κ2) is 21.0. The van der Waals surface area contributed by atoms with Crippen LogP contribution >= 0.6 is 0 Å². The lowest BCUT2D eigenvalue weighted by Gasteiger charge is -2.21. The molecule has 0 bridgehead atoms. The van der Waals surface area contributed by atoms with E-state index in [1.54, 1.807) is 0 Å². The van der Waals surface area contributed by atoms with Crippen LogP contribution in [0.4, 0.5) is 0 Å². The Hall–Kier alpha value is -0.680. The molecule has 0 aromatic rings. The molecule has 0 aromatic carbocycles. The van der Waals surface area contributed by atoms with Gasteiger partial charge in [0.25, 0.3) is 0 Å². The summed E-state index contributed by atoms with van der Waals surface area (Å²) < 4.78 is 17.5. The molecule has 0 aliphatic heterocycles. The number of aliphatic hydroxyl groups excluding tert-OH is 1. The monoisotopic (exact) mass is 418 g/mol. The topological polar surface area (TPSA) is 63.6 Å². The Labute approximate surface area is 177 Å². The lowest BCUT2D eigenvalue weighted by Crippen LogP contribution is -2.23. The van der Waals surface area contributed by atoms with Gasteiger partial charge < -0.3 is 14.6 Å². The summed E-state index contributed by atoms with van der Waals surface area (Å²) in [6.45, 7) is 15.3. The summed E-state index contributed by atoms with van der Waals surface area (Å²) in [5.74, 6) is 2.10. The van der Waals surface area contributed by atoms with Crippen molar-refractivity contribution in [3.8, 4) is 0 Å². The van der Waals surface area contributed by atoms with Crippen LogP contribution in [0.3, 0.4) is 0 Å². The Morgan fingerprint density at radius 1 is 1.04 bits per heavy atom. The number of hydrogen-bond donors (Lipinski definition) is 1. The fourth-order valence-corrected chi connectivity index (χ4v) is 3.86. The summed E-state index contributed by atoms with van der Waals surface area (Å²) in [5.41, 5.74) is 0. The van der Waals surface area contributed by atoms with Gasteiger partial charge in [-0.2, -0.15) is 0 Å². The first-order chi connectivity index (χ1) is 13.4. The zero-order chi connectivity index (χ0) is 21.8. The van der Waals surface area contributed by atoms with Crippen molar-refractivity contribution in [3.05, 3.63) is 12.3 Å². The normalized spacial score (nSPS) is 14.9. The number of hydrogen-bond acceptors (Lipinski definition) is 4. The van der Waals surface area contributed by atoms with Gasteiger partial charge in [0.05, 0.1) is 11.9 Å². The van der Waals surface area contributed by atoms with Gasteiger partial charge in [-0.25, -0.2) is 0 Å². The maximum atomic E-state index is 11.8. The molecule has 0 fully saturated rings. The van der Waals surface area contributed by atoms with E-state index in [0.717, 1.165) is 25.5 Å². The Balaban J connectivity index is 0. The molecule has 0 aromatic heterocycles.